The Morgan fingerprint density at radius 2 is 1.83 bits per heavy atom. The third kappa shape index (κ3) is 5.07. The Labute approximate surface area is 146 Å². The Morgan fingerprint density at radius 1 is 1.04 bits per heavy atom. The summed E-state index contributed by atoms with van der Waals surface area (Å²) in [6.07, 6.45) is 9.23. The van der Waals surface area contributed by atoms with Gasteiger partial charge in [0.15, 0.2) is 0 Å². The number of ether oxygens (including phenoxy) is 1. The van der Waals surface area contributed by atoms with Gasteiger partial charge < -0.3 is 9.64 Å². The number of likely N-dealkylation sites (tertiary alicyclic amines) is 1. The Balaban J connectivity index is 1.35. The fourth-order valence-corrected chi connectivity index (χ4v) is 4.17. The fourth-order valence-electron chi connectivity index (χ4n) is 4.17. The van der Waals surface area contributed by atoms with Crippen LogP contribution in [0.3, 0.4) is 0 Å². The summed E-state index contributed by atoms with van der Waals surface area (Å²) in [5, 5.41) is 0. The molecule has 1 aliphatic carbocycles. The first kappa shape index (κ1) is 17.5. The molecule has 2 fully saturated rings. The van der Waals surface area contributed by atoms with Gasteiger partial charge >= 0.3 is 5.97 Å². The van der Waals surface area contributed by atoms with E-state index in [1.807, 2.05) is 0 Å². The lowest BCUT2D eigenvalue weighted by Gasteiger charge is -2.33. The van der Waals surface area contributed by atoms with E-state index in [9.17, 15) is 4.79 Å². The molecule has 0 radical (unpaired) electrons. The second kappa shape index (κ2) is 9.22. The van der Waals surface area contributed by atoms with Gasteiger partial charge in [-0.2, -0.15) is 0 Å². The molecule has 0 amide bonds. The zero-order chi connectivity index (χ0) is 16.6. The fraction of sp³-hybridized carbons (Fsp3) is 0.667. The van der Waals surface area contributed by atoms with Crippen molar-refractivity contribution < 1.29 is 9.53 Å². The summed E-state index contributed by atoms with van der Waals surface area (Å²) >= 11 is 0. The number of carbonyl (C=O) groups excluding carboxylic acids is 1. The van der Waals surface area contributed by atoms with Crippen molar-refractivity contribution in [1.29, 1.82) is 0 Å². The monoisotopic (exact) mass is 329 g/mol. The van der Waals surface area contributed by atoms with Crippen LogP contribution in [0.15, 0.2) is 30.3 Å². The van der Waals surface area contributed by atoms with Crippen molar-refractivity contribution in [2.75, 3.05) is 26.2 Å². The first-order chi connectivity index (χ1) is 11.8. The molecule has 1 heterocycles. The lowest BCUT2D eigenvalue weighted by Crippen LogP contribution is -2.35. The van der Waals surface area contributed by atoms with Crippen LogP contribution in [0.25, 0.3) is 0 Å². The van der Waals surface area contributed by atoms with E-state index in [-0.39, 0.29) is 11.9 Å². The number of piperidine rings is 1. The quantitative estimate of drug-likeness (QED) is 0.573. The van der Waals surface area contributed by atoms with Gasteiger partial charge in [0.05, 0.1) is 12.5 Å². The normalized spacial score (nSPS) is 23.1. The van der Waals surface area contributed by atoms with Crippen LogP contribution >= 0.6 is 0 Å². The summed E-state index contributed by atoms with van der Waals surface area (Å²) in [7, 11) is 0. The number of hydrogen-bond acceptors (Lipinski definition) is 3. The lowest BCUT2D eigenvalue weighted by molar-refractivity contribution is -0.149. The van der Waals surface area contributed by atoms with Gasteiger partial charge in [0.25, 0.3) is 0 Å². The molecule has 1 saturated carbocycles. The average molecular weight is 329 g/mol. The molecule has 0 N–H and O–H groups in total. The number of hydrogen-bond donors (Lipinski definition) is 0. The predicted molar refractivity (Wildman–Crippen MR) is 97.0 cm³/mol. The molecule has 24 heavy (non-hydrogen) atoms. The summed E-state index contributed by atoms with van der Waals surface area (Å²) in [4.78, 5) is 14.6. The highest BCUT2D eigenvalue weighted by Gasteiger charge is 2.23. The average Bonchev–Trinajstić information content (AvgIpc) is 2.67. The molecule has 1 saturated heterocycles. The largest absolute Gasteiger partial charge is 0.465 e. The molecule has 3 rings (SSSR count). The van der Waals surface area contributed by atoms with Crippen molar-refractivity contribution in [1.82, 2.24) is 4.90 Å². The molecule has 1 atom stereocenters. The van der Waals surface area contributed by atoms with Crippen molar-refractivity contribution >= 4 is 5.97 Å². The molecule has 1 aromatic rings. The van der Waals surface area contributed by atoms with Crippen molar-refractivity contribution in [3.63, 3.8) is 0 Å². The molecule has 3 nitrogen and oxygen atoms in total. The van der Waals surface area contributed by atoms with Crippen LogP contribution < -0.4 is 0 Å². The summed E-state index contributed by atoms with van der Waals surface area (Å²) in [6, 6.07) is 10.9. The van der Waals surface area contributed by atoms with Crippen molar-refractivity contribution in [3.05, 3.63) is 35.9 Å². The maximum atomic E-state index is 12.1. The molecule has 0 bridgehead atoms. The van der Waals surface area contributed by atoms with E-state index >= 15 is 0 Å². The standard InChI is InChI=1S/C21H31NO2/c23-21(19-11-5-2-6-12-19)24-16-8-15-22-14-7-13-20(17-22)18-9-3-1-4-10-18/h1,3-4,9-10,19-20H,2,5-8,11-17H2. The molecule has 132 valence electrons. The summed E-state index contributed by atoms with van der Waals surface area (Å²) < 4.78 is 5.52. The number of rotatable bonds is 6. The highest BCUT2D eigenvalue weighted by Crippen LogP contribution is 2.27. The number of benzene rings is 1. The summed E-state index contributed by atoms with van der Waals surface area (Å²) in [5.74, 6) is 0.886. The topological polar surface area (TPSA) is 29.5 Å². The van der Waals surface area contributed by atoms with Crippen LogP contribution in [0.1, 0.15) is 62.8 Å². The van der Waals surface area contributed by atoms with E-state index in [1.54, 1.807) is 0 Å². The van der Waals surface area contributed by atoms with Crippen LogP contribution in [-0.2, 0) is 9.53 Å². The van der Waals surface area contributed by atoms with Crippen LogP contribution in [0.4, 0.5) is 0 Å². The van der Waals surface area contributed by atoms with Gasteiger partial charge in [-0.15, -0.1) is 0 Å². The second-order valence-electron chi connectivity index (χ2n) is 7.41. The van der Waals surface area contributed by atoms with Crippen molar-refractivity contribution in [2.24, 2.45) is 5.92 Å². The van der Waals surface area contributed by atoms with Crippen LogP contribution in [0, 0.1) is 5.92 Å². The maximum Gasteiger partial charge on any atom is 0.308 e. The zero-order valence-corrected chi connectivity index (χ0v) is 14.8. The minimum atomic E-state index is 0.0514. The highest BCUT2D eigenvalue weighted by atomic mass is 16.5. The van der Waals surface area contributed by atoms with E-state index in [1.165, 1.54) is 44.2 Å². The molecular weight excluding hydrogens is 298 g/mol. The van der Waals surface area contributed by atoms with Crippen LogP contribution in [-0.4, -0.2) is 37.1 Å². The van der Waals surface area contributed by atoms with Crippen LogP contribution in [0.5, 0.6) is 0 Å². The van der Waals surface area contributed by atoms with Gasteiger partial charge in [-0.1, -0.05) is 49.6 Å². The van der Waals surface area contributed by atoms with Crippen molar-refractivity contribution in [3.8, 4) is 0 Å². The predicted octanol–water partition coefficient (Wildman–Crippen LogP) is 4.38. The maximum absolute atomic E-state index is 12.1. The van der Waals surface area contributed by atoms with Gasteiger partial charge in [-0.05, 0) is 50.1 Å². The Hall–Kier alpha value is -1.35. The third-order valence-electron chi connectivity index (χ3n) is 5.58. The van der Waals surface area contributed by atoms with E-state index in [0.717, 1.165) is 32.4 Å². The Kier molecular flexibility index (Phi) is 6.71. The van der Waals surface area contributed by atoms with Gasteiger partial charge in [0, 0.05) is 13.1 Å². The molecule has 3 heteroatoms. The molecule has 1 aliphatic heterocycles. The van der Waals surface area contributed by atoms with E-state index in [0.29, 0.717) is 12.5 Å². The SMILES string of the molecule is O=C(OCCCN1CCCC(c2ccccc2)C1)C1CCCCC1. The Bertz CT molecular complexity index is 496. The zero-order valence-electron chi connectivity index (χ0n) is 14.8. The van der Waals surface area contributed by atoms with Crippen molar-refractivity contribution in [2.45, 2.75) is 57.3 Å². The number of esters is 1. The lowest BCUT2D eigenvalue weighted by atomic mass is 9.89. The summed E-state index contributed by atoms with van der Waals surface area (Å²) in [6.45, 7) is 3.95. The number of carbonyl (C=O) groups is 1. The van der Waals surface area contributed by atoms with Crippen LogP contribution in [0.2, 0.25) is 0 Å². The highest BCUT2D eigenvalue weighted by molar-refractivity contribution is 5.72. The molecule has 2 aliphatic rings. The van der Waals surface area contributed by atoms with Gasteiger partial charge in [0.2, 0.25) is 0 Å². The first-order valence-corrected chi connectivity index (χ1v) is 9.77. The van der Waals surface area contributed by atoms with Gasteiger partial charge in [0.1, 0.15) is 0 Å². The molecule has 1 unspecified atom stereocenters. The van der Waals surface area contributed by atoms with Gasteiger partial charge in [-0.3, -0.25) is 4.79 Å². The van der Waals surface area contributed by atoms with E-state index in [2.05, 4.69) is 35.2 Å². The van der Waals surface area contributed by atoms with Gasteiger partial charge in [-0.25, -0.2) is 0 Å². The minimum absolute atomic E-state index is 0.0514. The molecule has 1 aromatic carbocycles. The summed E-state index contributed by atoms with van der Waals surface area (Å²) in [5.41, 5.74) is 1.46. The first-order valence-electron chi connectivity index (χ1n) is 9.77. The number of nitrogens with zero attached hydrogens (tertiary/aromatic N) is 1. The molecule has 0 spiro atoms. The molecule has 0 aromatic heterocycles. The Morgan fingerprint density at radius 3 is 2.62 bits per heavy atom. The third-order valence-corrected chi connectivity index (χ3v) is 5.58. The smallest absolute Gasteiger partial charge is 0.308 e. The van der Waals surface area contributed by atoms with E-state index < -0.39 is 0 Å². The second-order valence-corrected chi connectivity index (χ2v) is 7.41. The molecular formula is C21H31NO2. The van der Waals surface area contributed by atoms with E-state index in [4.69, 9.17) is 4.74 Å². The minimum Gasteiger partial charge on any atom is -0.465 e.